The third-order valence-electron chi connectivity index (χ3n) is 5.59. The molecular weight excluding hydrogens is 357 g/mol. The van der Waals surface area contributed by atoms with Crippen LogP contribution in [0.5, 0.6) is 0 Å². The first kappa shape index (κ1) is 19.7. The average molecular weight is 382 g/mol. The van der Waals surface area contributed by atoms with E-state index in [1.54, 1.807) is 4.90 Å². The van der Waals surface area contributed by atoms with Crippen molar-refractivity contribution in [2.75, 3.05) is 26.2 Å². The van der Waals surface area contributed by atoms with Crippen LogP contribution in [0, 0.1) is 11.8 Å². The highest BCUT2D eigenvalue weighted by molar-refractivity contribution is 5.84. The van der Waals surface area contributed by atoms with Crippen LogP contribution in [0.4, 0.5) is 13.2 Å². The zero-order valence-corrected chi connectivity index (χ0v) is 15.3. The molecule has 1 unspecified atom stereocenters. The molecule has 0 radical (unpaired) electrons. The van der Waals surface area contributed by atoms with Gasteiger partial charge in [-0.05, 0) is 43.6 Å². The third-order valence-corrected chi connectivity index (χ3v) is 5.59. The lowest BCUT2D eigenvalue weighted by Crippen LogP contribution is -2.51. The first-order chi connectivity index (χ1) is 12.8. The van der Waals surface area contributed by atoms with Crippen molar-refractivity contribution in [3.8, 4) is 0 Å². The molecule has 0 aliphatic carbocycles. The summed E-state index contributed by atoms with van der Waals surface area (Å²) in [6.45, 7) is 1.22. The molecular formula is C20H25F3N2O2. The molecule has 1 aromatic rings. The lowest BCUT2D eigenvalue weighted by molar-refractivity contribution is -0.187. The van der Waals surface area contributed by atoms with Gasteiger partial charge in [0.05, 0.1) is 5.92 Å². The number of rotatable bonds is 3. The summed E-state index contributed by atoms with van der Waals surface area (Å²) in [5.74, 6) is -1.93. The number of benzene rings is 1. The van der Waals surface area contributed by atoms with Crippen molar-refractivity contribution in [2.45, 2.75) is 38.3 Å². The molecule has 4 nitrogen and oxygen atoms in total. The van der Waals surface area contributed by atoms with E-state index in [4.69, 9.17) is 0 Å². The molecule has 2 saturated heterocycles. The highest BCUT2D eigenvalue weighted by atomic mass is 19.4. The van der Waals surface area contributed by atoms with E-state index in [-0.39, 0.29) is 19.0 Å². The minimum absolute atomic E-state index is 0.0707. The molecule has 1 aromatic carbocycles. The number of amides is 2. The van der Waals surface area contributed by atoms with Crippen molar-refractivity contribution < 1.29 is 22.8 Å². The smallest absolute Gasteiger partial charge is 0.342 e. The van der Waals surface area contributed by atoms with Gasteiger partial charge in [0.25, 0.3) is 0 Å². The van der Waals surface area contributed by atoms with Crippen LogP contribution in [-0.2, 0) is 16.0 Å². The van der Waals surface area contributed by atoms with Crippen LogP contribution in [0.1, 0.15) is 31.2 Å². The zero-order chi connectivity index (χ0) is 19.4. The predicted molar refractivity (Wildman–Crippen MR) is 94.8 cm³/mol. The second-order valence-electron chi connectivity index (χ2n) is 7.55. The largest absolute Gasteiger partial charge is 0.471 e. The summed E-state index contributed by atoms with van der Waals surface area (Å²) in [4.78, 5) is 26.8. The summed E-state index contributed by atoms with van der Waals surface area (Å²) < 4.78 is 38.0. The topological polar surface area (TPSA) is 40.6 Å². The number of hydrogen-bond donors (Lipinski definition) is 0. The van der Waals surface area contributed by atoms with Crippen LogP contribution >= 0.6 is 0 Å². The maximum Gasteiger partial charge on any atom is 0.471 e. The van der Waals surface area contributed by atoms with E-state index < -0.39 is 18.0 Å². The molecule has 2 heterocycles. The number of alkyl halides is 3. The number of hydrogen-bond acceptors (Lipinski definition) is 2. The maximum atomic E-state index is 12.7. The molecule has 2 aliphatic rings. The van der Waals surface area contributed by atoms with E-state index in [0.29, 0.717) is 31.8 Å². The maximum absolute atomic E-state index is 12.7. The minimum atomic E-state index is -4.87. The van der Waals surface area contributed by atoms with Crippen LogP contribution in [0.3, 0.4) is 0 Å². The Morgan fingerprint density at radius 1 is 0.963 bits per heavy atom. The molecule has 2 amide bonds. The van der Waals surface area contributed by atoms with Crippen LogP contribution in [0.15, 0.2) is 30.3 Å². The SMILES string of the molecule is O=C(C1CCCN(C(=O)C(F)(F)F)C1)N1CCC(Cc2ccccc2)CC1. The van der Waals surface area contributed by atoms with E-state index in [0.717, 1.165) is 24.2 Å². The van der Waals surface area contributed by atoms with Gasteiger partial charge in [0.1, 0.15) is 0 Å². The van der Waals surface area contributed by atoms with E-state index in [9.17, 15) is 22.8 Å². The monoisotopic (exact) mass is 382 g/mol. The average Bonchev–Trinajstić information content (AvgIpc) is 2.67. The lowest BCUT2D eigenvalue weighted by atomic mass is 9.89. The fraction of sp³-hybridized carbons (Fsp3) is 0.600. The molecule has 148 valence electrons. The number of nitrogens with zero attached hydrogens (tertiary/aromatic N) is 2. The molecule has 0 aromatic heterocycles. The zero-order valence-electron chi connectivity index (χ0n) is 15.3. The van der Waals surface area contributed by atoms with Gasteiger partial charge in [-0.2, -0.15) is 13.2 Å². The summed E-state index contributed by atoms with van der Waals surface area (Å²) in [5, 5.41) is 0. The Balaban J connectivity index is 1.51. The Labute approximate surface area is 157 Å². The number of carbonyl (C=O) groups excluding carboxylic acids is 2. The van der Waals surface area contributed by atoms with Crippen LogP contribution < -0.4 is 0 Å². The van der Waals surface area contributed by atoms with Crippen LogP contribution in [-0.4, -0.2) is 54.0 Å². The molecule has 27 heavy (non-hydrogen) atoms. The van der Waals surface area contributed by atoms with Gasteiger partial charge in [0.2, 0.25) is 5.91 Å². The Hall–Kier alpha value is -2.05. The third kappa shape index (κ3) is 5.02. The normalized spacial score (nSPS) is 22.0. The fourth-order valence-corrected chi connectivity index (χ4v) is 4.11. The summed E-state index contributed by atoms with van der Waals surface area (Å²) in [6, 6.07) is 10.2. The Kier molecular flexibility index (Phi) is 6.07. The van der Waals surface area contributed by atoms with Gasteiger partial charge in [-0.1, -0.05) is 30.3 Å². The van der Waals surface area contributed by atoms with E-state index >= 15 is 0 Å². The van der Waals surface area contributed by atoms with E-state index in [1.165, 1.54) is 5.56 Å². The van der Waals surface area contributed by atoms with Gasteiger partial charge >= 0.3 is 12.1 Å². The van der Waals surface area contributed by atoms with Gasteiger partial charge in [-0.25, -0.2) is 0 Å². The van der Waals surface area contributed by atoms with Crippen molar-refractivity contribution in [3.63, 3.8) is 0 Å². The van der Waals surface area contributed by atoms with Crippen molar-refractivity contribution >= 4 is 11.8 Å². The quantitative estimate of drug-likeness (QED) is 0.805. The Bertz CT molecular complexity index is 655. The van der Waals surface area contributed by atoms with Gasteiger partial charge in [0.15, 0.2) is 0 Å². The van der Waals surface area contributed by atoms with Crippen LogP contribution in [0.2, 0.25) is 0 Å². The Morgan fingerprint density at radius 3 is 2.26 bits per heavy atom. The van der Waals surface area contributed by atoms with Gasteiger partial charge < -0.3 is 9.80 Å². The molecule has 0 N–H and O–H groups in total. The molecule has 3 rings (SSSR count). The highest BCUT2D eigenvalue weighted by Gasteiger charge is 2.44. The van der Waals surface area contributed by atoms with Crippen molar-refractivity contribution in [1.29, 1.82) is 0 Å². The standard InChI is InChI=1S/C20H25F3N2O2/c21-20(22,23)19(27)25-10-4-7-17(14-25)18(26)24-11-8-16(9-12-24)13-15-5-2-1-3-6-15/h1-3,5-6,16-17H,4,7-14H2. The second-order valence-corrected chi connectivity index (χ2v) is 7.55. The van der Waals surface area contributed by atoms with E-state index in [2.05, 4.69) is 12.1 Å². The molecule has 0 spiro atoms. The van der Waals surface area contributed by atoms with Gasteiger partial charge in [-0.3, -0.25) is 9.59 Å². The molecule has 0 saturated carbocycles. The van der Waals surface area contributed by atoms with E-state index in [1.807, 2.05) is 18.2 Å². The van der Waals surface area contributed by atoms with Crippen molar-refractivity contribution in [1.82, 2.24) is 9.80 Å². The lowest BCUT2D eigenvalue weighted by Gasteiger charge is -2.38. The first-order valence-corrected chi connectivity index (χ1v) is 9.53. The molecule has 1 atom stereocenters. The second kappa shape index (κ2) is 8.31. The minimum Gasteiger partial charge on any atom is -0.342 e. The Morgan fingerprint density at radius 2 is 1.63 bits per heavy atom. The summed E-state index contributed by atoms with van der Waals surface area (Å²) in [6.07, 6.45) is -1.11. The number of halogens is 3. The van der Waals surface area contributed by atoms with Gasteiger partial charge in [-0.15, -0.1) is 0 Å². The molecule has 0 bridgehead atoms. The first-order valence-electron chi connectivity index (χ1n) is 9.53. The fourth-order valence-electron chi connectivity index (χ4n) is 4.11. The highest BCUT2D eigenvalue weighted by Crippen LogP contribution is 2.27. The molecule has 2 fully saturated rings. The predicted octanol–water partition coefficient (Wildman–Crippen LogP) is 3.27. The van der Waals surface area contributed by atoms with Gasteiger partial charge in [0, 0.05) is 26.2 Å². The summed E-state index contributed by atoms with van der Waals surface area (Å²) >= 11 is 0. The van der Waals surface area contributed by atoms with Crippen molar-refractivity contribution in [2.24, 2.45) is 11.8 Å². The van der Waals surface area contributed by atoms with Crippen molar-refractivity contribution in [3.05, 3.63) is 35.9 Å². The number of likely N-dealkylation sites (tertiary alicyclic amines) is 2. The van der Waals surface area contributed by atoms with Crippen LogP contribution in [0.25, 0.3) is 0 Å². The summed E-state index contributed by atoms with van der Waals surface area (Å²) in [5.41, 5.74) is 1.29. The molecule has 7 heteroatoms. The number of carbonyl (C=O) groups is 2. The number of piperidine rings is 2. The summed E-state index contributed by atoms with van der Waals surface area (Å²) in [7, 11) is 0. The molecule has 2 aliphatic heterocycles.